The number of carbonyl (C=O) groups excluding carboxylic acids is 1. The van der Waals surface area contributed by atoms with Gasteiger partial charge in [-0.3, -0.25) is 0 Å². The highest BCUT2D eigenvalue weighted by Gasteiger charge is 2.24. The number of hydrogen-bond acceptors (Lipinski definition) is 3. The lowest BCUT2D eigenvalue weighted by Gasteiger charge is -2.32. The minimum absolute atomic E-state index is 0.0900. The number of benzene rings is 2. The molecular formula is C21H28N3O3+. The largest absolute Gasteiger partial charge is 0.497 e. The summed E-state index contributed by atoms with van der Waals surface area (Å²) in [6, 6.07) is 14.0. The molecule has 1 fully saturated rings. The number of methoxy groups -OCH3 is 2. The van der Waals surface area contributed by atoms with Crippen molar-refractivity contribution in [3.63, 3.8) is 0 Å². The van der Waals surface area contributed by atoms with Crippen molar-refractivity contribution < 1.29 is 19.2 Å². The van der Waals surface area contributed by atoms with Crippen molar-refractivity contribution in [1.29, 1.82) is 0 Å². The summed E-state index contributed by atoms with van der Waals surface area (Å²) in [5.74, 6) is 1.28. The van der Waals surface area contributed by atoms with Crippen molar-refractivity contribution in [1.82, 2.24) is 4.90 Å². The maximum absolute atomic E-state index is 12.6. The van der Waals surface area contributed by atoms with Crippen LogP contribution in [0, 0.1) is 6.92 Å². The van der Waals surface area contributed by atoms with Crippen LogP contribution >= 0.6 is 0 Å². The van der Waals surface area contributed by atoms with E-state index in [1.165, 1.54) is 16.0 Å². The lowest BCUT2D eigenvalue weighted by atomic mass is 10.1. The fourth-order valence-corrected chi connectivity index (χ4v) is 3.29. The lowest BCUT2D eigenvalue weighted by molar-refractivity contribution is -0.917. The number of hydrogen-bond donors (Lipinski definition) is 2. The molecule has 0 aromatic heterocycles. The van der Waals surface area contributed by atoms with Crippen molar-refractivity contribution >= 4 is 11.7 Å². The van der Waals surface area contributed by atoms with E-state index in [4.69, 9.17) is 9.47 Å². The molecule has 1 aliphatic heterocycles. The van der Waals surface area contributed by atoms with Gasteiger partial charge < -0.3 is 24.6 Å². The van der Waals surface area contributed by atoms with E-state index >= 15 is 0 Å². The molecule has 0 spiro atoms. The molecule has 27 heavy (non-hydrogen) atoms. The Labute approximate surface area is 160 Å². The fourth-order valence-electron chi connectivity index (χ4n) is 3.29. The number of carbonyl (C=O) groups is 1. The van der Waals surface area contributed by atoms with Gasteiger partial charge in [-0.15, -0.1) is 0 Å². The normalized spacial score (nSPS) is 14.7. The van der Waals surface area contributed by atoms with E-state index in [1.807, 2.05) is 11.0 Å². The fraction of sp³-hybridized carbons (Fsp3) is 0.381. The van der Waals surface area contributed by atoms with Gasteiger partial charge in [-0.1, -0.05) is 29.8 Å². The number of aryl methyl sites for hydroxylation is 1. The molecule has 2 aromatic rings. The average Bonchev–Trinajstić information content (AvgIpc) is 2.70. The number of anilines is 1. The maximum atomic E-state index is 12.6. The van der Waals surface area contributed by atoms with Gasteiger partial charge in [-0.2, -0.15) is 0 Å². The van der Waals surface area contributed by atoms with Crippen LogP contribution in [0.5, 0.6) is 11.5 Å². The summed E-state index contributed by atoms with van der Waals surface area (Å²) in [7, 11) is 3.18. The molecule has 6 heteroatoms. The van der Waals surface area contributed by atoms with Gasteiger partial charge in [0.1, 0.15) is 18.0 Å². The van der Waals surface area contributed by atoms with Crippen molar-refractivity contribution in [2.45, 2.75) is 13.5 Å². The van der Waals surface area contributed by atoms with Crippen molar-refractivity contribution in [2.24, 2.45) is 0 Å². The van der Waals surface area contributed by atoms with Crippen LogP contribution in [-0.2, 0) is 6.54 Å². The summed E-state index contributed by atoms with van der Waals surface area (Å²) in [5, 5.41) is 2.95. The molecular weight excluding hydrogens is 342 g/mol. The highest BCUT2D eigenvalue weighted by atomic mass is 16.5. The van der Waals surface area contributed by atoms with Crippen molar-refractivity contribution in [3.05, 3.63) is 53.6 Å². The van der Waals surface area contributed by atoms with Crippen LogP contribution in [0.2, 0.25) is 0 Å². The Hall–Kier alpha value is -2.73. The summed E-state index contributed by atoms with van der Waals surface area (Å²) in [6.07, 6.45) is 0. The zero-order valence-electron chi connectivity index (χ0n) is 16.2. The number of amides is 2. The third-order valence-electron chi connectivity index (χ3n) is 4.98. The molecule has 0 unspecified atom stereocenters. The summed E-state index contributed by atoms with van der Waals surface area (Å²) < 4.78 is 10.5. The van der Waals surface area contributed by atoms with Crippen LogP contribution in [-0.4, -0.2) is 51.3 Å². The van der Waals surface area contributed by atoms with E-state index in [2.05, 4.69) is 36.5 Å². The minimum atomic E-state index is -0.0900. The molecule has 6 nitrogen and oxygen atoms in total. The molecule has 2 N–H and O–H groups in total. The Kier molecular flexibility index (Phi) is 6.19. The quantitative estimate of drug-likeness (QED) is 0.846. The molecule has 0 radical (unpaired) electrons. The molecule has 2 aromatic carbocycles. The van der Waals surface area contributed by atoms with E-state index in [1.54, 1.807) is 26.4 Å². The summed E-state index contributed by atoms with van der Waals surface area (Å²) in [4.78, 5) is 16.0. The summed E-state index contributed by atoms with van der Waals surface area (Å²) in [6.45, 7) is 6.48. The number of nitrogens with zero attached hydrogens (tertiary/aromatic N) is 1. The van der Waals surface area contributed by atoms with Gasteiger partial charge in [0, 0.05) is 11.6 Å². The first kappa shape index (κ1) is 19.0. The number of rotatable bonds is 5. The molecule has 0 saturated carbocycles. The summed E-state index contributed by atoms with van der Waals surface area (Å²) in [5.41, 5.74) is 3.28. The second-order valence-electron chi connectivity index (χ2n) is 6.90. The number of quaternary nitrogens is 1. The first-order valence-electron chi connectivity index (χ1n) is 9.26. The average molecular weight is 370 g/mol. The maximum Gasteiger partial charge on any atom is 0.322 e. The highest BCUT2D eigenvalue weighted by Crippen LogP contribution is 2.29. The van der Waals surface area contributed by atoms with Crippen LogP contribution in [0.3, 0.4) is 0 Å². The first-order valence-corrected chi connectivity index (χ1v) is 9.26. The van der Waals surface area contributed by atoms with Crippen LogP contribution in [0.15, 0.2) is 42.5 Å². The van der Waals surface area contributed by atoms with E-state index in [0.29, 0.717) is 17.2 Å². The molecule has 2 amide bonds. The minimum Gasteiger partial charge on any atom is -0.497 e. The molecule has 144 valence electrons. The highest BCUT2D eigenvalue weighted by molar-refractivity contribution is 5.91. The van der Waals surface area contributed by atoms with Crippen LogP contribution in [0.1, 0.15) is 11.1 Å². The van der Waals surface area contributed by atoms with Gasteiger partial charge in [-0.25, -0.2) is 4.79 Å². The predicted molar refractivity (Wildman–Crippen MR) is 106 cm³/mol. The van der Waals surface area contributed by atoms with Gasteiger partial charge in [0.25, 0.3) is 0 Å². The Balaban J connectivity index is 1.53. The van der Waals surface area contributed by atoms with Gasteiger partial charge >= 0.3 is 6.03 Å². The third-order valence-corrected chi connectivity index (χ3v) is 4.98. The lowest BCUT2D eigenvalue weighted by Crippen LogP contribution is -3.13. The molecule has 1 heterocycles. The molecule has 0 bridgehead atoms. The third kappa shape index (κ3) is 4.92. The van der Waals surface area contributed by atoms with Crippen LogP contribution < -0.4 is 19.7 Å². The molecule has 1 aliphatic rings. The standard InChI is InChI=1S/C21H27N3O3/c1-16-4-6-17(7-5-16)15-23-10-12-24(13-11-23)21(25)22-19-9-8-18(26-2)14-20(19)27-3/h4-9,14H,10-13,15H2,1-3H3,(H,22,25)/p+1. The van der Waals surface area contributed by atoms with Crippen LogP contribution in [0.25, 0.3) is 0 Å². The number of piperazine rings is 1. The Morgan fingerprint density at radius 2 is 1.78 bits per heavy atom. The zero-order chi connectivity index (χ0) is 19.2. The van der Waals surface area contributed by atoms with Gasteiger partial charge in [0.15, 0.2) is 0 Å². The monoisotopic (exact) mass is 370 g/mol. The Bertz CT molecular complexity index is 769. The molecule has 0 aliphatic carbocycles. The van der Waals surface area contributed by atoms with E-state index in [9.17, 15) is 4.79 Å². The van der Waals surface area contributed by atoms with E-state index in [0.717, 1.165) is 32.7 Å². The van der Waals surface area contributed by atoms with Crippen molar-refractivity contribution in [3.8, 4) is 11.5 Å². The second-order valence-corrected chi connectivity index (χ2v) is 6.90. The number of ether oxygens (including phenoxy) is 2. The summed E-state index contributed by atoms with van der Waals surface area (Å²) >= 11 is 0. The second kappa shape index (κ2) is 8.77. The Morgan fingerprint density at radius 3 is 2.41 bits per heavy atom. The first-order chi connectivity index (χ1) is 13.1. The molecule has 0 atom stereocenters. The zero-order valence-corrected chi connectivity index (χ0v) is 16.2. The molecule has 1 saturated heterocycles. The topological polar surface area (TPSA) is 55.2 Å². The van der Waals surface area contributed by atoms with Crippen LogP contribution in [0.4, 0.5) is 10.5 Å². The van der Waals surface area contributed by atoms with Gasteiger partial charge in [-0.05, 0) is 19.1 Å². The van der Waals surface area contributed by atoms with E-state index in [-0.39, 0.29) is 6.03 Å². The number of urea groups is 1. The predicted octanol–water partition coefficient (Wildman–Crippen LogP) is 1.94. The SMILES string of the molecule is COc1ccc(NC(=O)N2CC[NH+](Cc3ccc(C)cc3)CC2)c(OC)c1. The number of nitrogens with one attached hydrogen (secondary N) is 2. The van der Waals surface area contributed by atoms with E-state index < -0.39 is 0 Å². The van der Waals surface area contributed by atoms with Gasteiger partial charge in [0.05, 0.1) is 46.1 Å². The smallest absolute Gasteiger partial charge is 0.322 e. The molecule has 3 rings (SSSR count). The van der Waals surface area contributed by atoms with Crippen molar-refractivity contribution in [2.75, 3.05) is 45.7 Å². The van der Waals surface area contributed by atoms with Gasteiger partial charge in [0.2, 0.25) is 0 Å². The Morgan fingerprint density at radius 1 is 1.07 bits per heavy atom.